The number of rotatable bonds is 9. The molecule has 0 unspecified atom stereocenters. The second kappa shape index (κ2) is 8.70. The molecule has 0 spiro atoms. The summed E-state index contributed by atoms with van der Waals surface area (Å²) in [7, 11) is 3.67. The zero-order valence-corrected chi connectivity index (χ0v) is 21.0. The molecular formula is C26H40N2O2S2. The Morgan fingerprint density at radius 1 is 0.562 bits per heavy atom. The Morgan fingerprint density at radius 2 is 0.844 bits per heavy atom. The van der Waals surface area contributed by atoms with Gasteiger partial charge in [-0.1, -0.05) is 21.6 Å². The molecule has 0 aromatic heterocycles. The van der Waals surface area contributed by atoms with Crippen molar-refractivity contribution in [1.29, 1.82) is 0 Å². The van der Waals surface area contributed by atoms with Crippen molar-refractivity contribution in [3.8, 4) is 0 Å². The summed E-state index contributed by atoms with van der Waals surface area (Å²) in [5.41, 5.74) is -0.0395. The monoisotopic (exact) mass is 476 g/mol. The van der Waals surface area contributed by atoms with E-state index in [1.54, 1.807) is 0 Å². The average Bonchev–Trinajstić information content (AvgIpc) is 2.73. The van der Waals surface area contributed by atoms with Crippen LogP contribution in [0.4, 0.5) is 0 Å². The van der Waals surface area contributed by atoms with E-state index in [0.717, 1.165) is 98.6 Å². The van der Waals surface area contributed by atoms with Gasteiger partial charge in [0.15, 0.2) is 0 Å². The van der Waals surface area contributed by atoms with Gasteiger partial charge in [-0.3, -0.25) is 9.59 Å². The quantitative estimate of drug-likeness (QED) is 0.362. The molecule has 8 rings (SSSR count). The topological polar surface area (TPSA) is 58.2 Å². The lowest BCUT2D eigenvalue weighted by atomic mass is 9.49. The first-order valence-electron chi connectivity index (χ1n) is 13.3. The van der Waals surface area contributed by atoms with Crippen LogP contribution in [-0.4, -0.2) is 36.4 Å². The van der Waals surface area contributed by atoms with E-state index >= 15 is 0 Å². The van der Waals surface area contributed by atoms with Gasteiger partial charge >= 0.3 is 0 Å². The van der Waals surface area contributed by atoms with Crippen LogP contribution in [0.1, 0.15) is 77.0 Å². The van der Waals surface area contributed by atoms with Gasteiger partial charge in [-0.2, -0.15) is 0 Å². The molecule has 8 fully saturated rings. The summed E-state index contributed by atoms with van der Waals surface area (Å²) in [6.45, 7) is 1.55. The maximum atomic E-state index is 13.0. The first-order chi connectivity index (χ1) is 15.5. The van der Waals surface area contributed by atoms with Gasteiger partial charge in [-0.15, -0.1) is 0 Å². The lowest BCUT2D eigenvalue weighted by molar-refractivity contribution is -0.146. The van der Waals surface area contributed by atoms with E-state index in [0.29, 0.717) is 11.8 Å². The molecule has 0 saturated heterocycles. The highest BCUT2D eigenvalue weighted by molar-refractivity contribution is 8.76. The van der Waals surface area contributed by atoms with E-state index in [4.69, 9.17) is 0 Å². The first kappa shape index (κ1) is 22.1. The predicted octanol–water partition coefficient (Wildman–Crippen LogP) is 5.03. The van der Waals surface area contributed by atoms with Crippen molar-refractivity contribution in [3.05, 3.63) is 0 Å². The largest absolute Gasteiger partial charge is 0.355 e. The van der Waals surface area contributed by atoms with Crippen LogP contribution in [0.25, 0.3) is 0 Å². The molecule has 8 bridgehead atoms. The molecule has 0 aliphatic heterocycles. The third kappa shape index (κ3) is 4.14. The second-order valence-corrected chi connectivity index (χ2v) is 15.3. The van der Waals surface area contributed by atoms with E-state index in [-0.39, 0.29) is 10.8 Å². The number of amides is 2. The van der Waals surface area contributed by atoms with Crippen molar-refractivity contribution in [2.24, 2.45) is 46.3 Å². The number of carbonyl (C=O) groups excluding carboxylic acids is 2. The molecule has 4 nitrogen and oxygen atoms in total. The molecule has 2 N–H and O–H groups in total. The molecule has 8 aliphatic rings. The highest BCUT2D eigenvalue weighted by Crippen LogP contribution is 2.61. The van der Waals surface area contributed by atoms with E-state index < -0.39 is 0 Å². The number of hydrogen-bond acceptors (Lipinski definition) is 4. The summed E-state index contributed by atoms with van der Waals surface area (Å²) < 4.78 is 0. The minimum absolute atomic E-state index is 0.0197. The van der Waals surface area contributed by atoms with Crippen molar-refractivity contribution in [1.82, 2.24) is 10.6 Å². The fourth-order valence-corrected chi connectivity index (χ4v) is 11.5. The highest BCUT2D eigenvalue weighted by Gasteiger charge is 2.55. The van der Waals surface area contributed by atoms with Gasteiger partial charge in [-0.25, -0.2) is 0 Å². The molecule has 0 radical (unpaired) electrons. The zero-order chi connectivity index (χ0) is 21.8. The molecule has 0 aromatic rings. The molecule has 8 aliphatic carbocycles. The van der Waals surface area contributed by atoms with Crippen LogP contribution in [0, 0.1) is 46.3 Å². The predicted molar refractivity (Wildman–Crippen MR) is 132 cm³/mol. The Labute approximate surface area is 201 Å². The molecule has 8 saturated carbocycles. The van der Waals surface area contributed by atoms with E-state index in [1.807, 2.05) is 21.6 Å². The third-order valence-corrected chi connectivity index (χ3v) is 12.5. The fraction of sp³-hybridized carbons (Fsp3) is 0.923. The van der Waals surface area contributed by atoms with Gasteiger partial charge in [0.05, 0.1) is 0 Å². The Hall–Kier alpha value is -0.360. The van der Waals surface area contributed by atoms with Crippen LogP contribution >= 0.6 is 21.6 Å². The number of nitrogens with one attached hydrogen (secondary N) is 2. The van der Waals surface area contributed by atoms with Gasteiger partial charge in [0.2, 0.25) is 11.8 Å². The molecule has 32 heavy (non-hydrogen) atoms. The third-order valence-electron chi connectivity index (χ3n) is 10.1. The van der Waals surface area contributed by atoms with Crippen LogP contribution < -0.4 is 10.6 Å². The minimum Gasteiger partial charge on any atom is -0.355 e. The molecule has 0 aromatic carbocycles. The molecular weight excluding hydrogens is 436 g/mol. The van der Waals surface area contributed by atoms with Crippen LogP contribution in [0.3, 0.4) is 0 Å². The lowest BCUT2D eigenvalue weighted by Gasteiger charge is -2.55. The fourth-order valence-electron chi connectivity index (χ4n) is 9.68. The summed E-state index contributed by atoms with van der Waals surface area (Å²) in [4.78, 5) is 26.0. The summed E-state index contributed by atoms with van der Waals surface area (Å²) in [5, 5.41) is 6.56. The lowest BCUT2D eigenvalue weighted by Crippen LogP contribution is -2.53. The van der Waals surface area contributed by atoms with E-state index in [1.165, 1.54) is 38.5 Å². The maximum absolute atomic E-state index is 13.0. The van der Waals surface area contributed by atoms with Crippen molar-refractivity contribution >= 4 is 33.4 Å². The van der Waals surface area contributed by atoms with Gasteiger partial charge in [0.25, 0.3) is 0 Å². The van der Waals surface area contributed by atoms with Crippen LogP contribution in [-0.2, 0) is 9.59 Å². The summed E-state index contributed by atoms with van der Waals surface area (Å²) in [6.07, 6.45) is 15.2. The second-order valence-electron chi connectivity index (χ2n) is 12.6. The molecule has 2 amide bonds. The normalized spacial score (nSPS) is 45.2. The van der Waals surface area contributed by atoms with Gasteiger partial charge in [-0.05, 0) is 113 Å². The Bertz CT molecular complexity index is 622. The average molecular weight is 477 g/mol. The van der Waals surface area contributed by atoms with Gasteiger partial charge < -0.3 is 10.6 Å². The van der Waals surface area contributed by atoms with Crippen molar-refractivity contribution < 1.29 is 9.59 Å². The SMILES string of the molecule is O=C(NCCSSCCNC(=O)C12CC3CC(CC(C3)C1)C2)C12CC3CC(CC(C3)C1)C2. The Kier molecular flexibility index (Phi) is 6.01. The van der Waals surface area contributed by atoms with Crippen molar-refractivity contribution in [3.63, 3.8) is 0 Å². The zero-order valence-electron chi connectivity index (χ0n) is 19.4. The molecule has 6 heteroatoms. The highest BCUT2D eigenvalue weighted by atomic mass is 33.1. The summed E-state index contributed by atoms with van der Waals surface area (Å²) in [5.74, 6) is 7.55. The van der Waals surface area contributed by atoms with Crippen LogP contribution in [0.15, 0.2) is 0 Å². The Balaban J connectivity index is 0.861. The minimum atomic E-state index is -0.0197. The Morgan fingerprint density at radius 3 is 1.12 bits per heavy atom. The summed E-state index contributed by atoms with van der Waals surface area (Å²) in [6, 6.07) is 0. The first-order valence-corrected chi connectivity index (χ1v) is 15.8. The van der Waals surface area contributed by atoms with E-state index in [2.05, 4.69) is 10.6 Å². The van der Waals surface area contributed by atoms with Gasteiger partial charge in [0, 0.05) is 35.4 Å². The van der Waals surface area contributed by atoms with Crippen molar-refractivity contribution in [2.45, 2.75) is 77.0 Å². The molecule has 0 heterocycles. The number of hydrogen-bond donors (Lipinski definition) is 2. The van der Waals surface area contributed by atoms with Gasteiger partial charge in [0.1, 0.15) is 0 Å². The molecule has 178 valence electrons. The molecule has 0 atom stereocenters. The number of carbonyl (C=O) groups is 2. The standard InChI is InChI=1S/C26H40N2O2S2/c29-23(25-11-17-5-18(12-25)7-19(6-17)13-25)27-1-3-31-32-4-2-28-24(30)26-14-20-8-21(15-26)10-22(9-20)16-26/h17-22H,1-16H2,(H,27,29)(H,28,30). The van der Waals surface area contributed by atoms with Crippen LogP contribution in [0.2, 0.25) is 0 Å². The van der Waals surface area contributed by atoms with Crippen LogP contribution in [0.5, 0.6) is 0 Å². The smallest absolute Gasteiger partial charge is 0.226 e. The van der Waals surface area contributed by atoms with E-state index in [9.17, 15) is 9.59 Å². The maximum Gasteiger partial charge on any atom is 0.226 e. The summed E-state index contributed by atoms with van der Waals surface area (Å²) >= 11 is 0. The van der Waals surface area contributed by atoms with Crippen molar-refractivity contribution in [2.75, 3.05) is 24.6 Å².